The molecule has 3 nitrogen and oxygen atoms in total. The summed E-state index contributed by atoms with van der Waals surface area (Å²) in [7, 11) is 0. The SMILES string of the molecule is CC1(C)CN(c2ncc(Cl)cc2Br)CC(C)(C)O1. The van der Waals surface area contributed by atoms with Crippen LogP contribution in [0.2, 0.25) is 5.02 Å². The molecule has 0 unspecified atom stereocenters. The highest BCUT2D eigenvalue weighted by Gasteiger charge is 2.39. The average Bonchev–Trinajstić information content (AvgIpc) is 2.11. The van der Waals surface area contributed by atoms with E-state index in [-0.39, 0.29) is 11.2 Å². The number of nitrogens with zero attached hydrogens (tertiary/aromatic N) is 2. The van der Waals surface area contributed by atoms with Gasteiger partial charge in [-0.1, -0.05) is 11.6 Å². The van der Waals surface area contributed by atoms with Gasteiger partial charge in [-0.25, -0.2) is 4.98 Å². The van der Waals surface area contributed by atoms with Gasteiger partial charge in [-0.15, -0.1) is 0 Å². The van der Waals surface area contributed by atoms with E-state index >= 15 is 0 Å². The molecular weight excluding hydrogens is 316 g/mol. The van der Waals surface area contributed by atoms with Crippen LogP contribution < -0.4 is 4.90 Å². The number of ether oxygens (including phenoxy) is 1. The van der Waals surface area contributed by atoms with E-state index in [1.165, 1.54) is 0 Å². The molecule has 0 bridgehead atoms. The standard InChI is InChI=1S/C13H18BrClN2O/c1-12(2)7-17(8-13(3,4)18-12)11-10(14)5-9(15)6-16-11/h5-6H,7-8H2,1-4H3. The first-order chi connectivity index (χ1) is 8.19. The van der Waals surface area contributed by atoms with Gasteiger partial charge in [0, 0.05) is 19.3 Å². The second-order valence-corrected chi connectivity index (χ2v) is 7.23. The van der Waals surface area contributed by atoms with Crippen molar-refractivity contribution in [1.29, 1.82) is 0 Å². The van der Waals surface area contributed by atoms with Gasteiger partial charge in [-0.05, 0) is 49.7 Å². The van der Waals surface area contributed by atoms with Crippen molar-refractivity contribution in [1.82, 2.24) is 4.98 Å². The van der Waals surface area contributed by atoms with Crippen LogP contribution in [-0.2, 0) is 4.74 Å². The zero-order chi connectivity index (χ0) is 13.6. The molecule has 100 valence electrons. The minimum Gasteiger partial charge on any atom is -0.366 e. The maximum atomic E-state index is 6.07. The second-order valence-electron chi connectivity index (χ2n) is 5.94. The van der Waals surface area contributed by atoms with Crippen LogP contribution in [0.1, 0.15) is 27.7 Å². The molecule has 1 fully saturated rings. The van der Waals surface area contributed by atoms with E-state index in [1.807, 2.05) is 6.07 Å². The first-order valence-corrected chi connectivity index (χ1v) is 7.12. The van der Waals surface area contributed by atoms with Crippen LogP contribution in [0.3, 0.4) is 0 Å². The lowest BCUT2D eigenvalue weighted by Gasteiger charge is -2.47. The fourth-order valence-corrected chi connectivity index (χ4v) is 3.47. The summed E-state index contributed by atoms with van der Waals surface area (Å²) in [4.78, 5) is 6.66. The van der Waals surface area contributed by atoms with E-state index in [2.05, 4.69) is 53.5 Å². The van der Waals surface area contributed by atoms with Crippen molar-refractivity contribution in [2.24, 2.45) is 0 Å². The maximum absolute atomic E-state index is 6.07. The number of aromatic nitrogens is 1. The lowest BCUT2D eigenvalue weighted by molar-refractivity contribution is -0.133. The molecule has 0 amide bonds. The Bertz CT molecular complexity index is 446. The van der Waals surface area contributed by atoms with E-state index in [1.54, 1.807) is 6.20 Å². The summed E-state index contributed by atoms with van der Waals surface area (Å²) in [6.07, 6.45) is 1.68. The van der Waals surface area contributed by atoms with Crippen LogP contribution in [-0.4, -0.2) is 29.3 Å². The second kappa shape index (κ2) is 4.66. The van der Waals surface area contributed by atoms with Crippen molar-refractivity contribution in [2.45, 2.75) is 38.9 Å². The zero-order valence-electron chi connectivity index (χ0n) is 11.1. The molecule has 1 aliphatic heterocycles. The molecule has 0 N–H and O–H groups in total. The van der Waals surface area contributed by atoms with E-state index in [9.17, 15) is 0 Å². The third-order valence-electron chi connectivity index (χ3n) is 2.78. The summed E-state index contributed by atoms with van der Waals surface area (Å²) in [6, 6.07) is 1.87. The molecule has 1 aliphatic rings. The number of anilines is 1. The first-order valence-electron chi connectivity index (χ1n) is 5.95. The van der Waals surface area contributed by atoms with Gasteiger partial charge in [0.2, 0.25) is 0 Å². The average molecular weight is 334 g/mol. The molecular formula is C13H18BrClN2O. The van der Waals surface area contributed by atoms with Gasteiger partial charge in [-0.2, -0.15) is 0 Å². The molecule has 1 aromatic heterocycles. The summed E-state index contributed by atoms with van der Waals surface area (Å²) in [5.41, 5.74) is -0.384. The fraction of sp³-hybridized carbons (Fsp3) is 0.615. The van der Waals surface area contributed by atoms with Crippen molar-refractivity contribution >= 4 is 33.3 Å². The number of hydrogen-bond donors (Lipinski definition) is 0. The van der Waals surface area contributed by atoms with E-state index in [4.69, 9.17) is 16.3 Å². The van der Waals surface area contributed by atoms with Crippen molar-refractivity contribution in [3.8, 4) is 0 Å². The number of pyridine rings is 1. The summed E-state index contributed by atoms with van der Waals surface area (Å²) in [5.74, 6) is 0.920. The summed E-state index contributed by atoms with van der Waals surface area (Å²) < 4.78 is 6.99. The maximum Gasteiger partial charge on any atom is 0.143 e. The third kappa shape index (κ3) is 3.16. The van der Waals surface area contributed by atoms with Crippen LogP contribution in [0.4, 0.5) is 5.82 Å². The van der Waals surface area contributed by atoms with E-state index in [0.717, 1.165) is 23.4 Å². The Balaban J connectivity index is 2.32. The van der Waals surface area contributed by atoms with Crippen molar-refractivity contribution < 1.29 is 4.74 Å². The molecule has 18 heavy (non-hydrogen) atoms. The molecule has 5 heteroatoms. The van der Waals surface area contributed by atoms with Gasteiger partial charge < -0.3 is 9.64 Å². The minimum absolute atomic E-state index is 0.192. The highest BCUT2D eigenvalue weighted by Crippen LogP contribution is 2.34. The molecule has 0 aromatic carbocycles. The van der Waals surface area contributed by atoms with Gasteiger partial charge in [0.15, 0.2) is 0 Å². The number of morpholine rings is 1. The van der Waals surface area contributed by atoms with Gasteiger partial charge in [-0.3, -0.25) is 0 Å². The van der Waals surface area contributed by atoms with Crippen LogP contribution in [0.25, 0.3) is 0 Å². The monoisotopic (exact) mass is 332 g/mol. The Morgan fingerprint density at radius 1 is 1.28 bits per heavy atom. The number of rotatable bonds is 1. The predicted octanol–water partition coefficient (Wildman–Crippen LogP) is 3.89. The molecule has 1 saturated heterocycles. The lowest BCUT2D eigenvalue weighted by Crippen LogP contribution is -2.57. The summed E-state index contributed by atoms with van der Waals surface area (Å²) in [6.45, 7) is 10.0. The Morgan fingerprint density at radius 2 is 1.83 bits per heavy atom. The van der Waals surface area contributed by atoms with Crippen LogP contribution in [0.15, 0.2) is 16.7 Å². The Kier molecular flexibility index (Phi) is 3.65. The van der Waals surface area contributed by atoms with Gasteiger partial charge >= 0.3 is 0 Å². The molecule has 0 radical (unpaired) electrons. The van der Waals surface area contributed by atoms with E-state index in [0.29, 0.717) is 5.02 Å². The number of hydrogen-bond acceptors (Lipinski definition) is 3. The molecule has 0 aliphatic carbocycles. The van der Waals surface area contributed by atoms with Crippen molar-refractivity contribution in [2.75, 3.05) is 18.0 Å². The summed E-state index contributed by atoms with van der Waals surface area (Å²) >= 11 is 9.46. The van der Waals surface area contributed by atoms with Crippen LogP contribution in [0.5, 0.6) is 0 Å². The fourth-order valence-electron chi connectivity index (χ4n) is 2.58. The summed E-state index contributed by atoms with van der Waals surface area (Å²) in [5, 5.41) is 0.636. The van der Waals surface area contributed by atoms with Crippen molar-refractivity contribution in [3.05, 3.63) is 21.8 Å². The molecule has 0 spiro atoms. The van der Waals surface area contributed by atoms with Gasteiger partial charge in [0.25, 0.3) is 0 Å². The topological polar surface area (TPSA) is 25.4 Å². The number of halogens is 2. The highest BCUT2D eigenvalue weighted by molar-refractivity contribution is 9.10. The lowest BCUT2D eigenvalue weighted by atomic mass is 9.99. The zero-order valence-corrected chi connectivity index (χ0v) is 13.5. The van der Waals surface area contributed by atoms with Gasteiger partial charge in [0.05, 0.1) is 20.7 Å². The van der Waals surface area contributed by atoms with Gasteiger partial charge in [0.1, 0.15) is 5.82 Å². The molecule has 2 rings (SSSR count). The normalized spacial score (nSPS) is 22.0. The smallest absolute Gasteiger partial charge is 0.143 e. The molecule has 0 saturated carbocycles. The highest BCUT2D eigenvalue weighted by atomic mass is 79.9. The first kappa shape index (κ1) is 14.1. The Hall–Kier alpha value is -0.320. The molecule has 1 aromatic rings. The molecule has 2 heterocycles. The van der Waals surface area contributed by atoms with Crippen LogP contribution >= 0.6 is 27.5 Å². The Labute approximate surface area is 122 Å². The molecule has 0 atom stereocenters. The largest absolute Gasteiger partial charge is 0.366 e. The minimum atomic E-state index is -0.192. The third-order valence-corrected chi connectivity index (χ3v) is 3.57. The van der Waals surface area contributed by atoms with E-state index < -0.39 is 0 Å². The quantitative estimate of drug-likeness (QED) is 0.779. The van der Waals surface area contributed by atoms with Crippen molar-refractivity contribution in [3.63, 3.8) is 0 Å². The van der Waals surface area contributed by atoms with Crippen LogP contribution in [0, 0.1) is 0 Å². The Morgan fingerprint density at radius 3 is 2.33 bits per heavy atom. The predicted molar refractivity (Wildman–Crippen MR) is 78.4 cm³/mol.